The molecule has 0 amide bonds. The molecule has 0 aliphatic rings. The van der Waals surface area contributed by atoms with E-state index >= 15 is 0 Å². The van der Waals surface area contributed by atoms with Crippen LogP contribution in [0.25, 0.3) is 11.4 Å². The van der Waals surface area contributed by atoms with E-state index in [0.717, 1.165) is 17.0 Å². The number of guanidine groups is 1. The average molecular weight is 382 g/mol. The lowest BCUT2D eigenvalue weighted by Crippen LogP contribution is -2.41. The monoisotopic (exact) mass is 382 g/mol. The van der Waals surface area contributed by atoms with Crippen LogP contribution in [0, 0.1) is 5.82 Å². The lowest BCUT2D eigenvalue weighted by atomic mass is 10.1. The van der Waals surface area contributed by atoms with Gasteiger partial charge in [0, 0.05) is 25.2 Å². The Labute approximate surface area is 163 Å². The molecule has 1 unspecified atom stereocenters. The summed E-state index contributed by atoms with van der Waals surface area (Å²) in [7, 11) is 1.71. The molecule has 8 heteroatoms. The van der Waals surface area contributed by atoms with Crippen LogP contribution in [0.3, 0.4) is 0 Å². The summed E-state index contributed by atoms with van der Waals surface area (Å²) in [5, 5.41) is 13.2. The zero-order valence-corrected chi connectivity index (χ0v) is 15.8. The molecule has 0 spiro atoms. The molecular formula is C20H23FN6O. The number of halogens is 1. The molecule has 0 radical (unpaired) electrons. The standard InChI is InChI=1S/C20H23FN6O/c1-14(28-18-8-4-7-17(21)10-18)11-23-20(22-2)24-12-15-5-3-6-16(9-15)19-25-13-26-27-19/h3-10,13-14H,11-12H2,1-2H3,(H2,22,23,24)(H,25,26,27). The second-order valence-corrected chi connectivity index (χ2v) is 6.23. The number of H-pyrrole nitrogens is 1. The molecule has 1 heterocycles. The fraction of sp³-hybridized carbons (Fsp3) is 0.250. The third kappa shape index (κ3) is 5.54. The van der Waals surface area contributed by atoms with Gasteiger partial charge in [-0.2, -0.15) is 5.10 Å². The fourth-order valence-corrected chi connectivity index (χ4v) is 2.63. The number of ether oxygens (including phenoxy) is 1. The van der Waals surface area contributed by atoms with Gasteiger partial charge in [0.1, 0.15) is 24.0 Å². The van der Waals surface area contributed by atoms with Gasteiger partial charge in [0.25, 0.3) is 0 Å². The number of rotatable bonds is 7. The van der Waals surface area contributed by atoms with Crippen LogP contribution in [0.2, 0.25) is 0 Å². The largest absolute Gasteiger partial charge is 0.489 e. The summed E-state index contributed by atoms with van der Waals surface area (Å²) in [5.74, 6) is 1.57. The zero-order valence-electron chi connectivity index (χ0n) is 15.8. The zero-order chi connectivity index (χ0) is 19.8. The van der Waals surface area contributed by atoms with E-state index in [9.17, 15) is 4.39 Å². The van der Waals surface area contributed by atoms with Crippen molar-refractivity contribution >= 4 is 5.96 Å². The highest BCUT2D eigenvalue weighted by Crippen LogP contribution is 2.15. The average Bonchev–Trinajstić information content (AvgIpc) is 3.23. The molecule has 3 rings (SSSR count). The van der Waals surface area contributed by atoms with Crippen molar-refractivity contribution in [3.8, 4) is 17.1 Å². The maximum atomic E-state index is 13.2. The molecular weight excluding hydrogens is 359 g/mol. The van der Waals surface area contributed by atoms with Crippen molar-refractivity contribution in [2.45, 2.75) is 19.6 Å². The molecule has 146 valence electrons. The van der Waals surface area contributed by atoms with Crippen molar-refractivity contribution in [3.63, 3.8) is 0 Å². The molecule has 28 heavy (non-hydrogen) atoms. The first-order valence-corrected chi connectivity index (χ1v) is 8.95. The minimum absolute atomic E-state index is 0.157. The number of aliphatic imine (C=N–C) groups is 1. The molecule has 0 saturated carbocycles. The molecule has 0 saturated heterocycles. The Morgan fingerprint density at radius 3 is 2.82 bits per heavy atom. The molecule has 1 aromatic heterocycles. The Balaban J connectivity index is 1.49. The predicted molar refractivity (Wildman–Crippen MR) is 107 cm³/mol. The first kappa shape index (κ1) is 19.3. The van der Waals surface area contributed by atoms with Crippen LogP contribution in [0.5, 0.6) is 5.75 Å². The number of hydrogen-bond acceptors (Lipinski definition) is 4. The van der Waals surface area contributed by atoms with Gasteiger partial charge in [-0.25, -0.2) is 9.37 Å². The van der Waals surface area contributed by atoms with E-state index in [-0.39, 0.29) is 11.9 Å². The van der Waals surface area contributed by atoms with Crippen molar-refractivity contribution in [2.75, 3.05) is 13.6 Å². The highest BCUT2D eigenvalue weighted by atomic mass is 19.1. The summed E-state index contributed by atoms with van der Waals surface area (Å²) < 4.78 is 18.9. The molecule has 2 aromatic carbocycles. The van der Waals surface area contributed by atoms with Crippen LogP contribution in [0.15, 0.2) is 59.9 Å². The van der Waals surface area contributed by atoms with Gasteiger partial charge in [-0.05, 0) is 30.7 Å². The molecule has 0 aliphatic carbocycles. The Bertz CT molecular complexity index is 913. The fourth-order valence-electron chi connectivity index (χ4n) is 2.63. The summed E-state index contributed by atoms with van der Waals surface area (Å²) in [5.41, 5.74) is 2.05. The van der Waals surface area contributed by atoms with E-state index < -0.39 is 0 Å². The highest BCUT2D eigenvalue weighted by Gasteiger charge is 2.07. The summed E-state index contributed by atoms with van der Waals surface area (Å²) >= 11 is 0. The van der Waals surface area contributed by atoms with Crippen molar-refractivity contribution < 1.29 is 9.13 Å². The SMILES string of the molecule is CN=C(NCc1cccc(-c2ncn[nH]2)c1)NCC(C)Oc1cccc(F)c1. The normalized spacial score (nSPS) is 12.5. The number of aromatic amines is 1. The number of aromatic nitrogens is 3. The van der Waals surface area contributed by atoms with Crippen LogP contribution in [-0.4, -0.2) is 40.8 Å². The van der Waals surface area contributed by atoms with Gasteiger partial charge in [0.15, 0.2) is 11.8 Å². The Morgan fingerprint density at radius 2 is 2.07 bits per heavy atom. The lowest BCUT2D eigenvalue weighted by Gasteiger charge is -2.18. The predicted octanol–water partition coefficient (Wildman–Crippen LogP) is 2.74. The first-order chi connectivity index (χ1) is 13.6. The second-order valence-electron chi connectivity index (χ2n) is 6.23. The van der Waals surface area contributed by atoms with E-state index in [1.165, 1.54) is 18.5 Å². The van der Waals surface area contributed by atoms with Crippen molar-refractivity contribution in [2.24, 2.45) is 4.99 Å². The number of nitrogens with one attached hydrogen (secondary N) is 3. The van der Waals surface area contributed by atoms with Crippen LogP contribution < -0.4 is 15.4 Å². The maximum absolute atomic E-state index is 13.2. The molecule has 1 atom stereocenters. The quantitative estimate of drug-likeness (QED) is 0.432. The van der Waals surface area contributed by atoms with Crippen LogP contribution in [0.4, 0.5) is 4.39 Å². The molecule has 7 nitrogen and oxygen atoms in total. The maximum Gasteiger partial charge on any atom is 0.191 e. The van der Waals surface area contributed by atoms with Crippen molar-refractivity contribution in [1.29, 1.82) is 0 Å². The minimum atomic E-state index is -0.317. The molecule has 3 N–H and O–H groups in total. The van der Waals surface area contributed by atoms with E-state index in [0.29, 0.717) is 24.8 Å². The van der Waals surface area contributed by atoms with E-state index in [4.69, 9.17) is 4.74 Å². The molecule has 0 fully saturated rings. The van der Waals surface area contributed by atoms with Crippen molar-refractivity contribution in [1.82, 2.24) is 25.8 Å². The smallest absolute Gasteiger partial charge is 0.191 e. The topological polar surface area (TPSA) is 87.2 Å². The van der Waals surface area contributed by atoms with E-state index in [2.05, 4.69) is 30.8 Å². The van der Waals surface area contributed by atoms with Crippen LogP contribution in [0.1, 0.15) is 12.5 Å². The highest BCUT2D eigenvalue weighted by molar-refractivity contribution is 5.79. The van der Waals surface area contributed by atoms with Gasteiger partial charge >= 0.3 is 0 Å². The lowest BCUT2D eigenvalue weighted by molar-refractivity contribution is 0.223. The molecule has 0 aliphatic heterocycles. The minimum Gasteiger partial charge on any atom is -0.489 e. The number of nitrogens with zero attached hydrogens (tertiary/aromatic N) is 3. The Hall–Kier alpha value is -3.42. The molecule has 0 bridgehead atoms. The van der Waals surface area contributed by atoms with Gasteiger partial charge < -0.3 is 15.4 Å². The van der Waals surface area contributed by atoms with E-state index in [1.54, 1.807) is 19.2 Å². The van der Waals surface area contributed by atoms with E-state index in [1.807, 2.05) is 31.2 Å². The third-order valence-electron chi connectivity index (χ3n) is 3.99. The van der Waals surface area contributed by atoms with Crippen LogP contribution >= 0.6 is 0 Å². The third-order valence-corrected chi connectivity index (χ3v) is 3.99. The Kier molecular flexibility index (Phi) is 6.56. The summed E-state index contributed by atoms with van der Waals surface area (Å²) in [6, 6.07) is 14.1. The summed E-state index contributed by atoms with van der Waals surface area (Å²) in [4.78, 5) is 8.39. The van der Waals surface area contributed by atoms with Crippen molar-refractivity contribution in [3.05, 3.63) is 66.2 Å². The van der Waals surface area contributed by atoms with Gasteiger partial charge in [-0.15, -0.1) is 0 Å². The van der Waals surface area contributed by atoms with Crippen LogP contribution in [-0.2, 0) is 6.54 Å². The Morgan fingerprint density at radius 1 is 1.21 bits per heavy atom. The van der Waals surface area contributed by atoms with Gasteiger partial charge in [-0.3, -0.25) is 10.1 Å². The van der Waals surface area contributed by atoms with Gasteiger partial charge in [0.2, 0.25) is 0 Å². The number of benzene rings is 2. The van der Waals surface area contributed by atoms with Gasteiger partial charge in [-0.1, -0.05) is 24.3 Å². The number of hydrogen-bond donors (Lipinski definition) is 3. The second kappa shape index (κ2) is 9.50. The first-order valence-electron chi connectivity index (χ1n) is 8.95. The summed E-state index contributed by atoms with van der Waals surface area (Å²) in [6.07, 6.45) is 1.33. The molecule has 3 aromatic rings. The summed E-state index contributed by atoms with van der Waals surface area (Å²) in [6.45, 7) is 3.03. The van der Waals surface area contributed by atoms with Gasteiger partial charge in [0.05, 0.1) is 6.54 Å².